The summed E-state index contributed by atoms with van der Waals surface area (Å²) in [7, 11) is 0. The number of thiophene rings is 1. The first kappa shape index (κ1) is 14.3. The molecule has 5 heteroatoms. The molecule has 0 atom stereocenters. The largest absolute Gasteiger partial charge is 0.416 e. The Labute approximate surface area is 113 Å². The number of halogens is 3. The average Bonchev–Trinajstić information content (AvgIpc) is 2.71. The SMILES string of the molecule is CCc1c(CCCO)sc2cc(C(F)(F)F)ccc12. The van der Waals surface area contributed by atoms with Crippen molar-refractivity contribution in [2.24, 2.45) is 0 Å². The summed E-state index contributed by atoms with van der Waals surface area (Å²) in [6.07, 6.45) is -2.13. The third-order valence-corrected chi connectivity index (χ3v) is 4.37. The molecule has 0 aliphatic carbocycles. The van der Waals surface area contributed by atoms with E-state index in [1.807, 2.05) is 6.92 Å². The van der Waals surface area contributed by atoms with Gasteiger partial charge in [-0.25, -0.2) is 0 Å². The lowest BCUT2D eigenvalue weighted by atomic mass is 10.0. The molecule has 104 valence electrons. The Kier molecular flexibility index (Phi) is 4.16. The van der Waals surface area contributed by atoms with Crippen molar-refractivity contribution in [2.45, 2.75) is 32.4 Å². The number of aliphatic hydroxyl groups excluding tert-OH is 1. The van der Waals surface area contributed by atoms with Gasteiger partial charge in [0.15, 0.2) is 0 Å². The first-order valence-electron chi connectivity index (χ1n) is 6.19. The predicted molar refractivity (Wildman–Crippen MR) is 71.6 cm³/mol. The summed E-state index contributed by atoms with van der Waals surface area (Å²) < 4.78 is 38.7. The molecule has 0 radical (unpaired) electrons. The molecule has 1 nitrogen and oxygen atoms in total. The van der Waals surface area contributed by atoms with Crippen molar-refractivity contribution >= 4 is 21.4 Å². The van der Waals surface area contributed by atoms with Gasteiger partial charge in [0.25, 0.3) is 0 Å². The van der Waals surface area contributed by atoms with Crippen molar-refractivity contribution in [1.29, 1.82) is 0 Å². The minimum absolute atomic E-state index is 0.102. The second-order valence-corrected chi connectivity index (χ2v) is 5.53. The summed E-state index contributed by atoms with van der Waals surface area (Å²) >= 11 is 1.41. The number of hydrogen-bond donors (Lipinski definition) is 1. The van der Waals surface area contributed by atoms with Gasteiger partial charge in [0.05, 0.1) is 5.56 Å². The van der Waals surface area contributed by atoms with Gasteiger partial charge in [-0.05, 0) is 42.3 Å². The third-order valence-electron chi connectivity index (χ3n) is 3.12. The van der Waals surface area contributed by atoms with Crippen LogP contribution in [0.25, 0.3) is 10.1 Å². The van der Waals surface area contributed by atoms with Crippen molar-refractivity contribution in [1.82, 2.24) is 0 Å². The fraction of sp³-hybridized carbons (Fsp3) is 0.429. The Hall–Kier alpha value is -1.07. The summed E-state index contributed by atoms with van der Waals surface area (Å²) in [5, 5.41) is 9.78. The van der Waals surface area contributed by atoms with Gasteiger partial charge in [-0.1, -0.05) is 13.0 Å². The van der Waals surface area contributed by atoms with Crippen LogP contribution in [0.5, 0.6) is 0 Å². The molecule has 2 rings (SSSR count). The fourth-order valence-electron chi connectivity index (χ4n) is 2.21. The Morgan fingerprint density at radius 1 is 1.26 bits per heavy atom. The Balaban J connectivity index is 2.49. The van der Waals surface area contributed by atoms with E-state index in [4.69, 9.17) is 5.11 Å². The molecule has 1 heterocycles. The van der Waals surface area contributed by atoms with E-state index in [2.05, 4.69) is 0 Å². The molecule has 0 saturated carbocycles. The molecule has 0 unspecified atom stereocenters. The Bertz CT molecular complexity index is 572. The van der Waals surface area contributed by atoms with Gasteiger partial charge in [-0.15, -0.1) is 11.3 Å². The zero-order valence-electron chi connectivity index (χ0n) is 10.5. The van der Waals surface area contributed by atoms with Crippen molar-refractivity contribution in [2.75, 3.05) is 6.61 Å². The van der Waals surface area contributed by atoms with Crippen molar-refractivity contribution in [3.63, 3.8) is 0 Å². The maximum atomic E-state index is 12.7. The highest BCUT2D eigenvalue weighted by atomic mass is 32.1. The molecule has 0 fully saturated rings. The van der Waals surface area contributed by atoms with Crippen LogP contribution >= 0.6 is 11.3 Å². The monoisotopic (exact) mass is 288 g/mol. The molecule has 1 aromatic heterocycles. The van der Waals surface area contributed by atoms with Gasteiger partial charge in [-0.2, -0.15) is 13.2 Å². The first-order chi connectivity index (χ1) is 8.97. The van der Waals surface area contributed by atoms with Gasteiger partial charge >= 0.3 is 6.18 Å². The van der Waals surface area contributed by atoms with Crippen LogP contribution in [0.4, 0.5) is 13.2 Å². The van der Waals surface area contributed by atoms with Crippen LogP contribution in [0.1, 0.15) is 29.3 Å². The van der Waals surface area contributed by atoms with Crippen LogP contribution < -0.4 is 0 Å². The average molecular weight is 288 g/mol. The molecule has 0 saturated heterocycles. The topological polar surface area (TPSA) is 20.2 Å². The molecule has 1 N–H and O–H groups in total. The smallest absolute Gasteiger partial charge is 0.396 e. The molecular formula is C14H15F3OS. The van der Waals surface area contributed by atoms with Gasteiger partial charge < -0.3 is 5.11 Å². The fourth-order valence-corrected chi connectivity index (χ4v) is 3.58. The second kappa shape index (κ2) is 5.51. The van der Waals surface area contributed by atoms with Crippen LogP contribution in [0.3, 0.4) is 0 Å². The summed E-state index contributed by atoms with van der Waals surface area (Å²) in [4.78, 5) is 1.09. The number of alkyl halides is 3. The molecular weight excluding hydrogens is 273 g/mol. The second-order valence-electron chi connectivity index (χ2n) is 4.39. The summed E-state index contributed by atoms with van der Waals surface area (Å²) in [5.74, 6) is 0. The number of aryl methyl sites for hydroxylation is 2. The minimum atomic E-state index is -4.30. The van der Waals surface area contributed by atoms with E-state index in [9.17, 15) is 13.2 Å². The highest BCUT2D eigenvalue weighted by Gasteiger charge is 2.30. The van der Waals surface area contributed by atoms with Crippen LogP contribution in [0.15, 0.2) is 18.2 Å². The van der Waals surface area contributed by atoms with Crippen LogP contribution in [-0.4, -0.2) is 11.7 Å². The molecule has 0 amide bonds. The lowest BCUT2D eigenvalue weighted by Crippen LogP contribution is -2.03. The molecule has 1 aromatic carbocycles. The lowest BCUT2D eigenvalue weighted by Gasteiger charge is -2.06. The first-order valence-corrected chi connectivity index (χ1v) is 7.01. The van der Waals surface area contributed by atoms with Gasteiger partial charge in [0.2, 0.25) is 0 Å². The molecule has 0 bridgehead atoms. The summed E-state index contributed by atoms with van der Waals surface area (Å²) in [6.45, 7) is 2.10. The van der Waals surface area contributed by atoms with E-state index >= 15 is 0 Å². The Morgan fingerprint density at radius 3 is 2.58 bits per heavy atom. The highest BCUT2D eigenvalue weighted by Crippen LogP contribution is 2.37. The van der Waals surface area contributed by atoms with E-state index in [1.165, 1.54) is 17.4 Å². The molecule has 0 aliphatic rings. The minimum Gasteiger partial charge on any atom is -0.396 e. The lowest BCUT2D eigenvalue weighted by molar-refractivity contribution is -0.137. The standard InChI is InChI=1S/C14H15F3OS/c1-2-10-11-6-5-9(14(15,16)17)8-13(11)19-12(10)4-3-7-18/h5-6,8,18H,2-4,7H2,1H3. The van der Waals surface area contributed by atoms with E-state index in [0.29, 0.717) is 11.1 Å². The van der Waals surface area contributed by atoms with Crippen LogP contribution in [-0.2, 0) is 19.0 Å². The van der Waals surface area contributed by atoms with Crippen molar-refractivity contribution < 1.29 is 18.3 Å². The zero-order chi connectivity index (χ0) is 14.0. The van der Waals surface area contributed by atoms with E-state index < -0.39 is 11.7 Å². The van der Waals surface area contributed by atoms with E-state index in [1.54, 1.807) is 6.07 Å². The zero-order valence-corrected chi connectivity index (χ0v) is 11.4. The number of fused-ring (bicyclic) bond motifs is 1. The number of hydrogen-bond acceptors (Lipinski definition) is 2. The molecule has 0 aliphatic heterocycles. The van der Waals surface area contributed by atoms with E-state index in [-0.39, 0.29) is 6.61 Å². The molecule has 0 spiro atoms. The number of aliphatic hydroxyl groups is 1. The van der Waals surface area contributed by atoms with Crippen LogP contribution in [0, 0.1) is 0 Å². The normalized spacial score (nSPS) is 12.3. The number of benzene rings is 1. The van der Waals surface area contributed by atoms with Crippen molar-refractivity contribution in [3.8, 4) is 0 Å². The van der Waals surface area contributed by atoms with E-state index in [0.717, 1.165) is 34.7 Å². The highest BCUT2D eigenvalue weighted by molar-refractivity contribution is 7.19. The van der Waals surface area contributed by atoms with Gasteiger partial charge in [0, 0.05) is 16.2 Å². The molecule has 2 aromatic rings. The number of rotatable bonds is 4. The molecule has 19 heavy (non-hydrogen) atoms. The van der Waals surface area contributed by atoms with Gasteiger partial charge in [-0.3, -0.25) is 0 Å². The summed E-state index contributed by atoms with van der Waals surface area (Å²) in [5.41, 5.74) is 0.514. The van der Waals surface area contributed by atoms with Crippen LogP contribution in [0.2, 0.25) is 0 Å². The van der Waals surface area contributed by atoms with Gasteiger partial charge in [0.1, 0.15) is 0 Å². The maximum Gasteiger partial charge on any atom is 0.416 e. The third kappa shape index (κ3) is 2.92. The maximum absolute atomic E-state index is 12.7. The Morgan fingerprint density at radius 2 is 2.00 bits per heavy atom. The summed E-state index contributed by atoms with van der Waals surface area (Å²) in [6, 6.07) is 3.93. The van der Waals surface area contributed by atoms with Crippen molar-refractivity contribution in [3.05, 3.63) is 34.2 Å². The quantitative estimate of drug-likeness (QED) is 0.883. The predicted octanol–water partition coefficient (Wildman–Crippen LogP) is 4.41.